The van der Waals surface area contributed by atoms with E-state index in [0.29, 0.717) is 28.6 Å². The van der Waals surface area contributed by atoms with E-state index in [2.05, 4.69) is 10.4 Å². The summed E-state index contributed by atoms with van der Waals surface area (Å²) in [5.41, 5.74) is 0.627. The van der Waals surface area contributed by atoms with Crippen molar-refractivity contribution in [3.63, 3.8) is 0 Å². The van der Waals surface area contributed by atoms with E-state index in [9.17, 15) is 4.79 Å². The molecular weight excluding hydrogens is 338 g/mol. The fraction of sp³-hybridized carbons (Fsp3) is 0.235. The van der Waals surface area contributed by atoms with Crippen LogP contribution in [0.15, 0.2) is 48.8 Å². The predicted molar refractivity (Wildman–Crippen MR) is 97.3 cm³/mol. The first kappa shape index (κ1) is 17.0. The van der Waals surface area contributed by atoms with E-state index in [0.717, 1.165) is 0 Å². The molecule has 0 aliphatic rings. The SMILES string of the molecule is CCOc1ccccc1NC(=O)Cn1nc(C)n(-n2cccc2)c1=S. The molecule has 130 valence electrons. The molecule has 0 saturated heterocycles. The van der Waals surface area contributed by atoms with Crippen LogP contribution >= 0.6 is 12.2 Å². The summed E-state index contributed by atoms with van der Waals surface area (Å²) < 4.78 is 11.1. The molecule has 0 bridgehead atoms. The Morgan fingerprint density at radius 3 is 2.68 bits per heavy atom. The molecule has 1 amide bonds. The third-order valence-corrected chi connectivity index (χ3v) is 3.93. The van der Waals surface area contributed by atoms with Gasteiger partial charge in [-0.1, -0.05) is 12.1 Å². The summed E-state index contributed by atoms with van der Waals surface area (Å²) in [7, 11) is 0. The van der Waals surface area contributed by atoms with Gasteiger partial charge in [0.25, 0.3) is 0 Å². The van der Waals surface area contributed by atoms with Gasteiger partial charge >= 0.3 is 0 Å². The van der Waals surface area contributed by atoms with E-state index in [1.165, 1.54) is 4.68 Å². The van der Waals surface area contributed by atoms with Crippen LogP contribution in [0.5, 0.6) is 5.75 Å². The van der Waals surface area contributed by atoms with Gasteiger partial charge in [0.15, 0.2) is 0 Å². The molecule has 0 spiro atoms. The standard InChI is InChI=1S/C17H19N5O2S/c1-3-24-15-9-5-4-8-14(15)18-16(23)12-21-17(25)22(13(2)19-21)20-10-6-7-11-20/h4-11H,3,12H2,1-2H3,(H,18,23). The van der Waals surface area contributed by atoms with E-state index in [1.54, 1.807) is 10.7 Å². The largest absolute Gasteiger partial charge is 0.492 e. The van der Waals surface area contributed by atoms with Crippen LogP contribution in [0.4, 0.5) is 5.69 Å². The summed E-state index contributed by atoms with van der Waals surface area (Å²) in [6, 6.07) is 11.1. The molecule has 8 heteroatoms. The molecule has 3 aromatic rings. The number of nitrogens with one attached hydrogen (secondary N) is 1. The maximum absolute atomic E-state index is 12.4. The zero-order valence-electron chi connectivity index (χ0n) is 14.0. The average molecular weight is 357 g/mol. The first-order chi connectivity index (χ1) is 12.1. The number of aromatic nitrogens is 4. The van der Waals surface area contributed by atoms with Gasteiger partial charge in [0.1, 0.15) is 18.1 Å². The highest BCUT2D eigenvalue weighted by atomic mass is 32.1. The van der Waals surface area contributed by atoms with Crippen molar-refractivity contribution in [3.05, 3.63) is 59.4 Å². The Bertz CT molecular complexity index is 927. The summed E-state index contributed by atoms with van der Waals surface area (Å²) in [4.78, 5) is 12.4. The van der Waals surface area contributed by atoms with Crippen molar-refractivity contribution >= 4 is 23.8 Å². The van der Waals surface area contributed by atoms with Crippen LogP contribution in [0, 0.1) is 11.7 Å². The maximum Gasteiger partial charge on any atom is 0.246 e. The van der Waals surface area contributed by atoms with Crippen LogP contribution in [0.25, 0.3) is 0 Å². The second-order valence-corrected chi connectivity index (χ2v) is 5.70. The van der Waals surface area contributed by atoms with Gasteiger partial charge in [-0.2, -0.15) is 5.10 Å². The highest BCUT2D eigenvalue weighted by Gasteiger charge is 2.13. The number of hydrogen-bond donors (Lipinski definition) is 1. The van der Waals surface area contributed by atoms with Crippen LogP contribution in [0.2, 0.25) is 0 Å². The number of aryl methyl sites for hydroxylation is 1. The Hall–Kier alpha value is -2.87. The minimum absolute atomic E-state index is 0.0222. The van der Waals surface area contributed by atoms with Crippen LogP contribution in [-0.2, 0) is 11.3 Å². The van der Waals surface area contributed by atoms with Crippen molar-refractivity contribution in [1.82, 2.24) is 19.1 Å². The summed E-state index contributed by atoms with van der Waals surface area (Å²) in [5.74, 6) is 1.11. The van der Waals surface area contributed by atoms with E-state index < -0.39 is 0 Å². The molecule has 2 heterocycles. The first-order valence-electron chi connectivity index (χ1n) is 7.92. The number of anilines is 1. The lowest BCUT2D eigenvalue weighted by atomic mass is 10.3. The second-order valence-electron chi connectivity index (χ2n) is 5.34. The predicted octanol–water partition coefficient (Wildman–Crippen LogP) is 2.87. The van der Waals surface area contributed by atoms with Crippen LogP contribution in [-0.4, -0.2) is 31.6 Å². The molecule has 1 aromatic carbocycles. The third kappa shape index (κ3) is 3.63. The number of carbonyl (C=O) groups excluding carboxylic acids is 1. The van der Waals surface area contributed by atoms with Gasteiger partial charge in [-0.15, -0.1) is 0 Å². The number of para-hydroxylation sites is 2. The highest BCUT2D eigenvalue weighted by Crippen LogP contribution is 2.23. The van der Waals surface area contributed by atoms with Gasteiger partial charge in [-0.05, 0) is 50.3 Å². The zero-order valence-corrected chi connectivity index (χ0v) is 14.9. The molecule has 0 atom stereocenters. The lowest BCUT2D eigenvalue weighted by molar-refractivity contribution is -0.116. The third-order valence-electron chi connectivity index (χ3n) is 3.55. The highest BCUT2D eigenvalue weighted by molar-refractivity contribution is 7.71. The first-order valence-corrected chi connectivity index (χ1v) is 8.32. The van der Waals surface area contributed by atoms with Crippen LogP contribution in [0.1, 0.15) is 12.7 Å². The fourth-order valence-corrected chi connectivity index (χ4v) is 2.84. The van der Waals surface area contributed by atoms with E-state index >= 15 is 0 Å². The molecule has 1 N–H and O–H groups in total. The van der Waals surface area contributed by atoms with Crippen molar-refractivity contribution in [2.45, 2.75) is 20.4 Å². The van der Waals surface area contributed by atoms with Gasteiger partial charge < -0.3 is 10.1 Å². The molecule has 0 saturated carbocycles. The van der Waals surface area contributed by atoms with E-state index in [4.69, 9.17) is 17.0 Å². The number of rotatable bonds is 6. The normalized spacial score (nSPS) is 10.6. The second kappa shape index (κ2) is 7.35. The molecule has 0 unspecified atom stereocenters. The van der Waals surface area contributed by atoms with Crippen molar-refractivity contribution in [1.29, 1.82) is 0 Å². The smallest absolute Gasteiger partial charge is 0.246 e. The molecule has 0 radical (unpaired) electrons. The Kier molecular flexibility index (Phi) is 4.99. The van der Waals surface area contributed by atoms with Gasteiger partial charge in [0.2, 0.25) is 10.7 Å². The number of carbonyl (C=O) groups is 1. The molecule has 0 aliphatic heterocycles. The lowest BCUT2D eigenvalue weighted by Crippen LogP contribution is -2.20. The van der Waals surface area contributed by atoms with Crippen molar-refractivity contribution in [3.8, 4) is 5.75 Å². The minimum atomic E-state index is -0.222. The summed E-state index contributed by atoms with van der Waals surface area (Å²) in [5, 5.41) is 7.22. The van der Waals surface area contributed by atoms with Gasteiger partial charge in [-0.25, -0.2) is 9.36 Å². The summed E-state index contributed by atoms with van der Waals surface area (Å²) in [6.07, 6.45) is 3.74. The zero-order chi connectivity index (χ0) is 17.8. The van der Waals surface area contributed by atoms with E-state index in [1.807, 2.05) is 61.2 Å². The molecule has 2 aromatic heterocycles. The molecule has 25 heavy (non-hydrogen) atoms. The Morgan fingerprint density at radius 2 is 1.96 bits per heavy atom. The topological polar surface area (TPSA) is 66.0 Å². The molecule has 7 nitrogen and oxygen atoms in total. The summed E-state index contributed by atoms with van der Waals surface area (Å²) >= 11 is 5.45. The Morgan fingerprint density at radius 1 is 1.24 bits per heavy atom. The number of amides is 1. The molecule has 0 aliphatic carbocycles. The van der Waals surface area contributed by atoms with Crippen molar-refractivity contribution in [2.24, 2.45) is 0 Å². The summed E-state index contributed by atoms with van der Waals surface area (Å²) in [6.45, 7) is 4.29. The minimum Gasteiger partial charge on any atom is -0.492 e. The Balaban J connectivity index is 1.79. The van der Waals surface area contributed by atoms with Gasteiger partial charge in [0.05, 0.1) is 12.3 Å². The van der Waals surface area contributed by atoms with Crippen LogP contribution in [0.3, 0.4) is 0 Å². The quantitative estimate of drug-likeness (QED) is 0.689. The van der Waals surface area contributed by atoms with E-state index in [-0.39, 0.29) is 12.5 Å². The molecule has 3 rings (SSSR count). The number of benzene rings is 1. The number of nitrogens with zero attached hydrogens (tertiary/aromatic N) is 4. The monoisotopic (exact) mass is 357 g/mol. The van der Waals surface area contributed by atoms with Crippen LogP contribution < -0.4 is 10.1 Å². The Labute approximate surface area is 150 Å². The van der Waals surface area contributed by atoms with Gasteiger partial charge in [0, 0.05) is 12.4 Å². The number of ether oxygens (including phenoxy) is 1. The fourth-order valence-electron chi connectivity index (χ4n) is 2.51. The molecule has 0 fully saturated rings. The van der Waals surface area contributed by atoms with Crippen molar-refractivity contribution < 1.29 is 9.53 Å². The van der Waals surface area contributed by atoms with Crippen molar-refractivity contribution in [2.75, 3.05) is 11.9 Å². The number of hydrogen-bond acceptors (Lipinski definition) is 4. The maximum atomic E-state index is 12.4. The van der Waals surface area contributed by atoms with Gasteiger partial charge in [-0.3, -0.25) is 9.47 Å². The molecular formula is C17H19N5O2S. The lowest BCUT2D eigenvalue weighted by Gasteiger charge is -2.11. The average Bonchev–Trinajstić information content (AvgIpc) is 3.18.